The average Bonchev–Trinajstić information content (AvgIpc) is 3.46. The molecule has 0 saturated carbocycles. The van der Waals surface area contributed by atoms with Crippen LogP contribution >= 0.6 is 0 Å². The lowest BCUT2D eigenvalue weighted by Crippen LogP contribution is -2.59. The smallest absolute Gasteiger partial charge is 0.366 e. The van der Waals surface area contributed by atoms with E-state index in [9.17, 15) is 0 Å². The SMILES string of the molecule is CC(C)OB1c2cccc3c2-n2c4c1ccc1c5c(-c6ccccc6)ccc(-c6ccccc6)c5c5ccc(c2c5c14)B3OC(C)C. The molecule has 5 heteroatoms. The standard InChI is InChI=1S/C42H33B2NO2/c1-24(2)46-43-32-16-11-17-33-40(32)45-41-34(43)22-20-30-36-28(26-12-7-5-8-13-26)18-19-29(27-14-9-6-10-15-27)37(36)31-21-23-35(44(33)47-25(3)4)42(45)39(31)38(30)41/h5-25H,1-4H3. The van der Waals surface area contributed by atoms with Crippen LogP contribution in [0.15, 0.2) is 115 Å². The first-order valence-corrected chi connectivity index (χ1v) is 16.9. The van der Waals surface area contributed by atoms with Crippen molar-refractivity contribution in [3.05, 3.63) is 115 Å². The number of para-hydroxylation sites is 1. The normalized spacial score (nSPS) is 13.6. The summed E-state index contributed by atoms with van der Waals surface area (Å²) in [6, 6.07) is 42.5. The first-order valence-electron chi connectivity index (χ1n) is 16.9. The maximum Gasteiger partial charge on any atom is 0.366 e. The van der Waals surface area contributed by atoms with Crippen molar-refractivity contribution in [2.45, 2.75) is 39.9 Å². The van der Waals surface area contributed by atoms with Crippen molar-refractivity contribution in [2.75, 3.05) is 0 Å². The van der Waals surface area contributed by atoms with Gasteiger partial charge in [0.05, 0.1) is 11.0 Å². The van der Waals surface area contributed by atoms with E-state index in [0.717, 1.165) is 0 Å². The first-order chi connectivity index (χ1) is 23.0. The lowest BCUT2D eigenvalue weighted by Gasteiger charge is -2.34. The van der Waals surface area contributed by atoms with Crippen LogP contribution in [-0.4, -0.2) is 30.6 Å². The number of aromatic nitrogens is 1. The molecule has 47 heavy (non-hydrogen) atoms. The Bertz CT molecular complexity index is 2360. The number of nitrogens with zero attached hydrogens (tertiary/aromatic N) is 1. The van der Waals surface area contributed by atoms with E-state index < -0.39 is 0 Å². The summed E-state index contributed by atoms with van der Waals surface area (Å²) in [6.07, 6.45) is 0.149. The Morgan fingerprint density at radius 1 is 0.447 bits per heavy atom. The molecule has 10 rings (SSSR count). The fraction of sp³-hybridized carbons (Fsp3) is 0.143. The summed E-state index contributed by atoms with van der Waals surface area (Å²) in [5.74, 6) is 0. The summed E-state index contributed by atoms with van der Waals surface area (Å²) in [5, 5.41) is 7.84. The fourth-order valence-corrected chi connectivity index (χ4v) is 8.69. The predicted octanol–water partition coefficient (Wildman–Crippen LogP) is 7.55. The zero-order valence-electron chi connectivity index (χ0n) is 27.0. The third-order valence-corrected chi connectivity index (χ3v) is 10.3. The van der Waals surface area contributed by atoms with Gasteiger partial charge in [-0.25, -0.2) is 0 Å². The van der Waals surface area contributed by atoms with Gasteiger partial charge in [-0.15, -0.1) is 0 Å². The highest BCUT2D eigenvalue weighted by Crippen LogP contribution is 2.49. The van der Waals surface area contributed by atoms with Crippen molar-refractivity contribution in [1.29, 1.82) is 0 Å². The molecular formula is C42H33B2NO2. The van der Waals surface area contributed by atoms with Crippen LogP contribution in [0.3, 0.4) is 0 Å². The molecule has 0 aliphatic carbocycles. The minimum absolute atomic E-state index is 0.0747. The highest BCUT2D eigenvalue weighted by atomic mass is 16.4. The molecule has 0 spiro atoms. The molecule has 2 aliphatic rings. The van der Waals surface area contributed by atoms with Crippen LogP contribution in [0, 0.1) is 0 Å². The van der Waals surface area contributed by atoms with Crippen LogP contribution in [0.1, 0.15) is 27.7 Å². The third kappa shape index (κ3) is 3.62. The van der Waals surface area contributed by atoms with E-state index in [1.807, 2.05) is 0 Å². The van der Waals surface area contributed by atoms with Gasteiger partial charge >= 0.3 is 13.8 Å². The van der Waals surface area contributed by atoms with Gasteiger partial charge in [0.1, 0.15) is 0 Å². The second-order valence-corrected chi connectivity index (χ2v) is 13.7. The topological polar surface area (TPSA) is 23.4 Å². The van der Waals surface area contributed by atoms with E-state index in [2.05, 4.69) is 148 Å². The van der Waals surface area contributed by atoms with Crippen LogP contribution in [0.4, 0.5) is 0 Å². The van der Waals surface area contributed by atoms with Crippen molar-refractivity contribution >= 4 is 79.0 Å². The summed E-state index contributed by atoms with van der Waals surface area (Å²) >= 11 is 0. The summed E-state index contributed by atoms with van der Waals surface area (Å²) < 4.78 is 16.2. The average molecular weight is 605 g/mol. The van der Waals surface area contributed by atoms with Crippen LogP contribution in [0.2, 0.25) is 0 Å². The quantitative estimate of drug-likeness (QED) is 0.144. The molecule has 0 amide bonds. The van der Waals surface area contributed by atoms with Crippen LogP contribution in [0.25, 0.3) is 71.3 Å². The van der Waals surface area contributed by atoms with E-state index in [0.29, 0.717) is 0 Å². The van der Waals surface area contributed by atoms with Gasteiger partial charge in [-0.2, -0.15) is 0 Å². The molecule has 0 atom stereocenters. The molecule has 0 N–H and O–H groups in total. The minimum Gasteiger partial charge on any atom is -0.425 e. The molecule has 224 valence electrons. The van der Waals surface area contributed by atoms with Crippen LogP contribution < -0.4 is 21.9 Å². The van der Waals surface area contributed by atoms with Crippen molar-refractivity contribution in [1.82, 2.24) is 4.57 Å². The van der Waals surface area contributed by atoms with E-state index >= 15 is 0 Å². The van der Waals surface area contributed by atoms with E-state index in [4.69, 9.17) is 9.31 Å². The molecule has 7 aromatic carbocycles. The van der Waals surface area contributed by atoms with Gasteiger partial charge in [0, 0.05) is 28.7 Å². The monoisotopic (exact) mass is 605 g/mol. The van der Waals surface area contributed by atoms with Gasteiger partial charge in [-0.1, -0.05) is 115 Å². The molecular weight excluding hydrogens is 572 g/mol. The molecule has 0 fully saturated rings. The maximum absolute atomic E-state index is 6.83. The summed E-state index contributed by atoms with van der Waals surface area (Å²) in [6.45, 7) is 8.24. The Kier molecular flexibility index (Phi) is 5.71. The molecule has 1 aromatic heterocycles. The summed E-state index contributed by atoms with van der Waals surface area (Å²) in [4.78, 5) is 0. The first kappa shape index (κ1) is 27.3. The number of fused-ring (bicyclic) bond motifs is 3. The molecule has 2 aliphatic heterocycles. The highest BCUT2D eigenvalue weighted by molar-refractivity contribution is 6.88. The summed E-state index contributed by atoms with van der Waals surface area (Å²) in [7, 11) is 0. The Morgan fingerprint density at radius 2 is 0.894 bits per heavy atom. The third-order valence-electron chi connectivity index (χ3n) is 10.3. The predicted molar refractivity (Wildman–Crippen MR) is 200 cm³/mol. The minimum atomic E-state index is -0.161. The van der Waals surface area contributed by atoms with E-state index in [1.165, 1.54) is 93.1 Å². The number of rotatable bonds is 6. The van der Waals surface area contributed by atoms with Gasteiger partial charge in [0.15, 0.2) is 0 Å². The molecule has 3 heterocycles. The molecule has 0 radical (unpaired) electrons. The zero-order chi connectivity index (χ0) is 31.6. The van der Waals surface area contributed by atoms with Crippen LogP contribution in [-0.2, 0) is 9.31 Å². The van der Waals surface area contributed by atoms with Gasteiger partial charge in [-0.3, -0.25) is 0 Å². The fourth-order valence-electron chi connectivity index (χ4n) is 8.69. The molecule has 8 aromatic rings. The number of hydrogen-bond donors (Lipinski definition) is 0. The maximum atomic E-state index is 6.83. The summed E-state index contributed by atoms with van der Waals surface area (Å²) in [5.41, 5.74) is 13.7. The molecule has 0 bridgehead atoms. The molecule has 0 saturated heterocycles. The van der Waals surface area contributed by atoms with Crippen molar-refractivity contribution in [3.8, 4) is 27.9 Å². The van der Waals surface area contributed by atoms with Gasteiger partial charge in [0.25, 0.3) is 0 Å². The van der Waals surface area contributed by atoms with E-state index in [-0.39, 0.29) is 26.0 Å². The molecule has 3 nitrogen and oxygen atoms in total. The van der Waals surface area contributed by atoms with Gasteiger partial charge < -0.3 is 13.9 Å². The zero-order valence-corrected chi connectivity index (χ0v) is 27.0. The Hall–Kier alpha value is -4.83. The van der Waals surface area contributed by atoms with Crippen molar-refractivity contribution < 1.29 is 9.31 Å². The Balaban J connectivity index is 1.47. The number of hydrogen-bond acceptors (Lipinski definition) is 2. The Labute approximate surface area is 275 Å². The van der Waals surface area contributed by atoms with Gasteiger partial charge in [-0.05, 0) is 93.3 Å². The second-order valence-electron chi connectivity index (χ2n) is 13.7. The van der Waals surface area contributed by atoms with Crippen LogP contribution in [0.5, 0.6) is 0 Å². The largest absolute Gasteiger partial charge is 0.425 e. The highest BCUT2D eigenvalue weighted by Gasteiger charge is 2.43. The van der Waals surface area contributed by atoms with Crippen molar-refractivity contribution in [3.63, 3.8) is 0 Å². The lowest BCUT2D eigenvalue weighted by atomic mass is 9.47. The van der Waals surface area contributed by atoms with Gasteiger partial charge in [0.2, 0.25) is 0 Å². The Morgan fingerprint density at radius 3 is 1.32 bits per heavy atom. The second kappa shape index (κ2) is 9.84. The number of benzene rings is 7. The molecule has 0 unspecified atom stereocenters. The lowest BCUT2D eigenvalue weighted by molar-refractivity contribution is 0.253. The van der Waals surface area contributed by atoms with E-state index in [1.54, 1.807) is 0 Å². The van der Waals surface area contributed by atoms with Crippen molar-refractivity contribution in [2.24, 2.45) is 0 Å².